The topological polar surface area (TPSA) is 82.0 Å². The molecule has 0 spiro atoms. The molecular formula is C13H20N4O3S. The minimum Gasteiger partial charge on any atom is -0.351 e. The highest BCUT2D eigenvalue weighted by molar-refractivity contribution is 7.99. The van der Waals surface area contributed by atoms with E-state index in [0.29, 0.717) is 35.9 Å². The van der Waals surface area contributed by atoms with Crippen LogP contribution in [0.1, 0.15) is 20.8 Å². The summed E-state index contributed by atoms with van der Waals surface area (Å²) in [7, 11) is 0. The van der Waals surface area contributed by atoms with Gasteiger partial charge in [-0.15, -0.1) is 0 Å². The summed E-state index contributed by atoms with van der Waals surface area (Å²) in [5, 5.41) is 5.40. The second-order valence-electron chi connectivity index (χ2n) is 4.23. The molecule has 0 aliphatic carbocycles. The van der Waals surface area contributed by atoms with Crippen molar-refractivity contribution in [2.24, 2.45) is 0 Å². The quantitative estimate of drug-likeness (QED) is 0.453. The van der Waals surface area contributed by atoms with Gasteiger partial charge in [-0.2, -0.15) is 5.10 Å². The van der Waals surface area contributed by atoms with E-state index in [9.17, 15) is 4.79 Å². The Labute approximate surface area is 127 Å². The van der Waals surface area contributed by atoms with Crippen LogP contribution >= 0.6 is 11.8 Å². The van der Waals surface area contributed by atoms with Crippen molar-refractivity contribution in [3.63, 3.8) is 0 Å². The highest BCUT2D eigenvalue weighted by Gasteiger charge is 2.13. The third-order valence-electron chi connectivity index (χ3n) is 2.74. The first-order valence-corrected chi connectivity index (χ1v) is 7.99. The molecule has 0 saturated heterocycles. The number of ether oxygens (including phenoxy) is 2. The summed E-state index contributed by atoms with van der Waals surface area (Å²) >= 11 is 1.48. The number of nitrogens with one attached hydrogen (secondary N) is 1. The second-order valence-corrected chi connectivity index (χ2v) is 5.49. The van der Waals surface area contributed by atoms with Crippen LogP contribution in [-0.4, -0.2) is 45.0 Å². The van der Waals surface area contributed by atoms with Crippen molar-refractivity contribution >= 4 is 22.8 Å². The molecule has 2 aromatic rings. The molecule has 7 nitrogen and oxygen atoms in total. The number of hydrogen-bond donors (Lipinski definition) is 1. The van der Waals surface area contributed by atoms with Crippen LogP contribution in [0, 0.1) is 0 Å². The van der Waals surface area contributed by atoms with Gasteiger partial charge in [0.25, 0.3) is 5.56 Å². The number of aromatic nitrogens is 4. The van der Waals surface area contributed by atoms with Crippen LogP contribution in [0.25, 0.3) is 11.0 Å². The molecule has 2 heterocycles. The Kier molecular flexibility index (Phi) is 5.77. The van der Waals surface area contributed by atoms with E-state index < -0.39 is 0 Å². The van der Waals surface area contributed by atoms with Gasteiger partial charge in [0.2, 0.25) is 0 Å². The number of aromatic amines is 1. The third-order valence-corrected chi connectivity index (χ3v) is 3.49. The van der Waals surface area contributed by atoms with Gasteiger partial charge in [-0.3, -0.25) is 9.48 Å². The molecule has 0 fully saturated rings. The summed E-state index contributed by atoms with van der Waals surface area (Å²) in [6, 6.07) is 0. The Bertz CT molecular complexity index is 634. The van der Waals surface area contributed by atoms with Crippen molar-refractivity contribution in [1.82, 2.24) is 19.7 Å². The van der Waals surface area contributed by atoms with Gasteiger partial charge < -0.3 is 14.5 Å². The number of H-pyrrole nitrogens is 1. The normalized spacial score (nSPS) is 11.6. The Morgan fingerprint density at radius 3 is 2.67 bits per heavy atom. The minimum absolute atomic E-state index is 0.174. The lowest BCUT2D eigenvalue weighted by Crippen LogP contribution is -2.23. The predicted molar refractivity (Wildman–Crippen MR) is 81.6 cm³/mol. The molecular weight excluding hydrogens is 292 g/mol. The summed E-state index contributed by atoms with van der Waals surface area (Å²) in [5.74, 6) is 0.839. The van der Waals surface area contributed by atoms with Gasteiger partial charge in [-0.25, -0.2) is 4.98 Å². The maximum Gasteiger partial charge on any atom is 0.262 e. The van der Waals surface area contributed by atoms with Gasteiger partial charge in [-0.05, 0) is 19.6 Å². The van der Waals surface area contributed by atoms with Gasteiger partial charge in [0, 0.05) is 19.4 Å². The molecule has 0 unspecified atom stereocenters. The lowest BCUT2D eigenvalue weighted by atomic mass is 10.4. The first-order chi connectivity index (χ1) is 10.2. The Morgan fingerprint density at radius 2 is 2.05 bits per heavy atom. The molecule has 0 atom stereocenters. The smallest absolute Gasteiger partial charge is 0.262 e. The molecule has 116 valence electrons. The largest absolute Gasteiger partial charge is 0.351 e. The number of fused-ring (bicyclic) bond motifs is 1. The lowest BCUT2D eigenvalue weighted by molar-refractivity contribution is -0.144. The van der Waals surface area contributed by atoms with Crippen LogP contribution in [-0.2, 0) is 16.0 Å². The molecule has 2 rings (SSSR count). The molecule has 21 heavy (non-hydrogen) atoms. The van der Waals surface area contributed by atoms with Crippen LogP contribution in [0.3, 0.4) is 0 Å². The molecule has 8 heteroatoms. The van der Waals surface area contributed by atoms with E-state index in [1.54, 1.807) is 10.9 Å². The van der Waals surface area contributed by atoms with Gasteiger partial charge in [0.15, 0.2) is 17.1 Å². The summed E-state index contributed by atoms with van der Waals surface area (Å²) in [4.78, 5) is 19.1. The van der Waals surface area contributed by atoms with Crippen LogP contribution in [0.4, 0.5) is 0 Å². The zero-order chi connectivity index (χ0) is 15.2. The highest BCUT2D eigenvalue weighted by atomic mass is 32.2. The summed E-state index contributed by atoms with van der Waals surface area (Å²) in [5.41, 5.74) is 0.271. The maximum atomic E-state index is 12.0. The lowest BCUT2D eigenvalue weighted by Gasteiger charge is -2.16. The molecule has 1 N–H and O–H groups in total. The van der Waals surface area contributed by atoms with Crippen LogP contribution in [0.15, 0.2) is 16.1 Å². The van der Waals surface area contributed by atoms with E-state index in [1.807, 2.05) is 20.8 Å². The van der Waals surface area contributed by atoms with Gasteiger partial charge in [-0.1, -0.05) is 18.7 Å². The zero-order valence-corrected chi connectivity index (χ0v) is 13.3. The van der Waals surface area contributed by atoms with Crippen LogP contribution in [0.5, 0.6) is 0 Å². The van der Waals surface area contributed by atoms with Crippen LogP contribution in [0.2, 0.25) is 0 Å². The molecule has 0 radical (unpaired) electrons. The van der Waals surface area contributed by atoms with Gasteiger partial charge in [0.05, 0.1) is 6.54 Å². The summed E-state index contributed by atoms with van der Waals surface area (Å²) in [6.07, 6.45) is 1.30. The van der Waals surface area contributed by atoms with Crippen molar-refractivity contribution in [2.45, 2.75) is 38.8 Å². The minimum atomic E-state index is -0.377. The van der Waals surface area contributed by atoms with E-state index in [0.717, 1.165) is 5.75 Å². The predicted octanol–water partition coefficient (Wildman–Crippen LogP) is 1.63. The van der Waals surface area contributed by atoms with E-state index in [1.165, 1.54) is 11.8 Å². The van der Waals surface area contributed by atoms with Crippen LogP contribution < -0.4 is 5.56 Å². The van der Waals surface area contributed by atoms with Gasteiger partial charge >= 0.3 is 0 Å². The molecule has 0 aliphatic heterocycles. The number of thioether (sulfide) groups is 1. The fourth-order valence-electron chi connectivity index (χ4n) is 1.92. The molecule has 0 aromatic carbocycles. The van der Waals surface area contributed by atoms with Crippen molar-refractivity contribution in [3.8, 4) is 0 Å². The van der Waals surface area contributed by atoms with Gasteiger partial charge in [0.1, 0.15) is 5.39 Å². The molecule has 0 saturated carbocycles. The zero-order valence-electron chi connectivity index (χ0n) is 12.5. The molecule has 2 aromatic heterocycles. The van der Waals surface area contributed by atoms with Crippen molar-refractivity contribution in [1.29, 1.82) is 0 Å². The Morgan fingerprint density at radius 1 is 1.33 bits per heavy atom. The monoisotopic (exact) mass is 312 g/mol. The molecule has 0 bridgehead atoms. The standard InChI is InChI=1S/C13H20N4O3S/c1-4-19-10(20-5-2)8-17-7-9-11(16-17)14-13(21-6-3)15-12(9)18/h7,10H,4-6,8H2,1-3H3,(H,14,15,16,18). The number of rotatable bonds is 8. The first kappa shape index (κ1) is 16.0. The second kappa shape index (κ2) is 7.58. The third kappa shape index (κ3) is 4.05. The van der Waals surface area contributed by atoms with Crippen molar-refractivity contribution in [3.05, 3.63) is 16.6 Å². The van der Waals surface area contributed by atoms with E-state index >= 15 is 0 Å². The fourth-order valence-corrected chi connectivity index (χ4v) is 2.51. The SMILES string of the molecule is CCOC(Cn1cc2c(=O)[nH]c(SCC)nc2n1)OCC. The summed E-state index contributed by atoms with van der Waals surface area (Å²) < 4.78 is 12.6. The Hall–Kier alpha value is -1.38. The Balaban J connectivity index is 2.25. The van der Waals surface area contributed by atoms with Crippen molar-refractivity contribution in [2.75, 3.05) is 19.0 Å². The van der Waals surface area contributed by atoms with E-state index in [4.69, 9.17) is 9.47 Å². The average Bonchev–Trinajstić information content (AvgIpc) is 2.83. The summed E-state index contributed by atoms with van der Waals surface area (Å²) in [6.45, 7) is 7.36. The maximum absolute atomic E-state index is 12.0. The van der Waals surface area contributed by atoms with E-state index in [-0.39, 0.29) is 11.8 Å². The number of hydrogen-bond acceptors (Lipinski definition) is 6. The van der Waals surface area contributed by atoms with Crippen molar-refractivity contribution < 1.29 is 9.47 Å². The molecule has 0 amide bonds. The number of nitrogens with zero attached hydrogens (tertiary/aromatic N) is 3. The fraction of sp³-hybridized carbons (Fsp3) is 0.615. The average molecular weight is 312 g/mol. The molecule has 0 aliphatic rings. The first-order valence-electron chi connectivity index (χ1n) is 7.01. The highest BCUT2D eigenvalue weighted by Crippen LogP contribution is 2.13. The van der Waals surface area contributed by atoms with E-state index in [2.05, 4.69) is 15.1 Å².